The van der Waals surface area contributed by atoms with Gasteiger partial charge >= 0.3 is 5.69 Å². The van der Waals surface area contributed by atoms with E-state index >= 15 is 0 Å². The van der Waals surface area contributed by atoms with Crippen LogP contribution in [-0.4, -0.2) is 36.3 Å². The first kappa shape index (κ1) is 18.7. The SMILES string of the molecule is Cn1c(=O)c2[nH]c(CNC(=O)C3(C)CC(c4ccccc4)=NO3)nc2n(C)c1=O. The van der Waals surface area contributed by atoms with Gasteiger partial charge in [-0.2, -0.15) is 0 Å². The Bertz CT molecular complexity index is 1250. The van der Waals surface area contributed by atoms with Crippen LogP contribution in [-0.2, 0) is 30.3 Å². The highest BCUT2D eigenvalue weighted by molar-refractivity contribution is 6.05. The fourth-order valence-electron chi connectivity index (χ4n) is 3.26. The lowest BCUT2D eigenvalue weighted by molar-refractivity contribution is -0.141. The number of fused-ring (bicyclic) bond motifs is 1. The molecule has 1 amide bonds. The largest absolute Gasteiger partial charge is 0.379 e. The van der Waals surface area contributed by atoms with E-state index in [-0.39, 0.29) is 23.6 Å². The highest BCUT2D eigenvalue weighted by Crippen LogP contribution is 2.26. The number of oxime groups is 1. The van der Waals surface area contributed by atoms with Crippen LogP contribution in [0, 0.1) is 0 Å². The number of nitrogens with one attached hydrogen (secondary N) is 2. The van der Waals surface area contributed by atoms with Crippen molar-refractivity contribution in [1.82, 2.24) is 24.4 Å². The zero-order chi connectivity index (χ0) is 20.8. The minimum absolute atomic E-state index is 0.0461. The maximum atomic E-state index is 12.7. The zero-order valence-corrected chi connectivity index (χ0v) is 16.2. The molecule has 0 saturated heterocycles. The number of aryl methyl sites for hydroxylation is 1. The Kier molecular flexibility index (Phi) is 4.33. The van der Waals surface area contributed by atoms with Crippen LogP contribution in [0.4, 0.5) is 0 Å². The van der Waals surface area contributed by atoms with Crippen molar-refractivity contribution in [3.63, 3.8) is 0 Å². The summed E-state index contributed by atoms with van der Waals surface area (Å²) in [5, 5.41) is 6.82. The van der Waals surface area contributed by atoms with Crippen LogP contribution in [0.2, 0.25) is 0 Å². The number of imidazole rings is 1. The molecule has 0 bridgehead atoms. The fourth-order valence-corrected chi connectivity index (χ4v) is 3.26. The molecule has 4 rings (SSSR count). The first-order valence-corrected chi connectivity index (χ1v) is 9.03. The van der Waals surface area contributed by atoms with Crippen molar-refractivity contribution in [3.8, 4) is 0 Å². The third-order valence-corrected chi connectivity index (χ3v) is 5.01. The van der Waals surface area contributed by atoms with Gasteiger partial charge in [0.1, 0.15) is 11.3 Å². The molecule has 10 heteroatoms. The first-order chi connectivity index (χ1) is 13.8. The molecule has 1 aliphatic heterocycles. The van der Waals surface area contributed by atoms with Crippen molar-refractivity contribution in [3.05, 3.63) is 62.6 Å². The quantitative estimate of drug-likeness (QED) is 0.650. The number of H-pyrrole nitrogens is 1. The van der Waals surface area contributed by atoms with Gasteiger partial charge in [0.05, 0.1) is 12.3 Å². The van der Waals surface area contributed by atoms with Crippen LogP contribution in [0.5, 0.6) is 0 Å². The summed E-state index contributed by atoms with van der Waals surface area (Å²) < 4.78 is 2.28. The third-order valence-electron chi connectivity index (χ3n) is 5.01. The fraction of sp³-hybridized carbons (Fsp3) is 0.316. The normalized spacial score (nSPS) is 18.5. The summed E-state index contributed by atoms with van der Waals surface area (Å²) in [6, 6.07) is 9.51. The summed E-state index contributed by atoms with van der Waals surface area (Å²) in [4.78, 5) is 49.5. The van der Waals surface area contributed by atoms with E-state index < -0.39 is 16.9 Å². The topological polar surface area (TPSA) is 123 Å². The Labute approximate surface area is 164 Å². The van der Waals surface area contributed by atoms with Crippen LogP contribution in [0.25, 0.3) is 11.2 Å². The van der Waals surface area contributed by atoms with E-state index in [0.29, 0.717) is 18.0 Å². The lowest BCUT2D eigenvalue weighted by atomic mass is 9.95. The molecule has 1 aromatic carbocycles. The molecule has 3 heterocycles. The standard InChI is InChI=1S/C19H20N6O4/c1-19(9-12(23-29-19)11-7-5-4-6-8-11)17(27)20-10-13-21-14-15(22-13)24(2)18(28)25(3)16(14)26/h4-8H,9-10H2,1-3H3,(H,20,27)(H,21,22). The molecule has 1 aliphatic rings. The summed E-state index contributed by atoms with van der Waals surface area (Å²) in [6.45, 7) is 1.71. The zero-order valence-electron chi connectivity index (χ0n) is 16.2. The number of hydrogen-bond donors (Lipinski definition) is 2. The minimum Gasteiger partial charge on any atom is -0.379 e. The molecular formula is C19H20N6O4. The van der Waals surface area contributed by atoms with E-state index in [1.165, 1.54) is 18.7 Å². The molecule has 1 atom stereocenters. The maximum absolute atomic E-state index is 12.7. The molecule has 10 nitrogen and oxygen atoms in total. The third kappa shape index (κ3) is 3.12. The van der Waals surface area contributed by atoms with Gasteiger partial charge < -0.3 is 15.1 Å². The number of hydrogen-bond acceptors (Lipinski definition) is 6. The van der Waals surface area contributed by atoms with Gasteiger partial charge in [0.25, 0.3) is 11.5 Å². The Hall–Kier alpha value is -3.69. The number of carbonyl (C=O) groups excluding carboxylic acids is 1. The number of carbonyl (C=O) groups is 1. The van der Waals surface area contributed by atoms with Crippen molar-refractivity contribution in [1.29, 1.82) is 0 Å². The van der Waals surface area contributed by atoms with Crippen molar-refractivity contribution in [2.24, 2.45) is 19.3 Å². The average molecular weight is 396 g/mol. The highest BCUT2D eigenvalue weighted by Gasteiger charge is 2.42. The van der Waals surface area contributed by atoms with Gasteiger partial charge in [-0.15, -0.1) is 0 Å². The van der Waals surface area contributed by atoms with E-state index in [2.05, 4.69) is 20.4 Å². The van der Waals surface area contributed by atoms with Gasteiger partial charge in [-0.1, -0.05) is 35.5 Å². The number of aromatic amines is 1. The van der Waals surface area contributed by atoms with Crippen LogP contribution >= 0.6 is 0 Å². The maximum Gasteiger partial charge on any atom is 0.332 e. The number of benzene rings is 1. The number of rotatable bonds is 4. The predicted octanol–water partition coefficient (Wildman–Crippen LogP) is 0.160. The van der Waals surface area contributed by atoms with Crippen molar-refractivity contribution >= 4 is 22.8 Å². The molecule has 0 saturated carbocycles. The van der Waals surface area contributed by atoms with Crippen LogP contribution < -0.4 is 16.6 Å². The van der Waals surface area contributed by atoms with Gasteiger partial charge in [0.15, 0.2) is 5.65 Å². The first-order valence-electron chi connectivity index (χ1n) is 9.03. The summed E-state index contributed by atoms with van der Waals surface area (Å²) in [5.41, 5.74) is -0.0387. The Morgan fingerprint density at radius 2 is 1.97 bits per heavy atom. The van der Waals surface area contributed by atoms with Crippen LogP contribution in [0.1, 0.15) is 24.7 Å². The second kappa shape index (κ2) is 6.73. The minimum atomic E-state index is -1.14. The second-order valence-corrected chi connectivity index (χ2v) is 7.17. The highest BCUT2D eigenvalue weighted by atomic mass is 16.7. The molecular weight excluding hydrogens is 376 g/mol. The molecule has 2 N–H and O–H groups in total. The van der Waals surface area contributed by atoms with E-state index in [1.54, 1.807) is 6.92 Å². The van der Waals surface area contributed by atoms with Crippen molar-refractivity contribution in [2.75, 3.05) is 0 Å². The van der Waals surface area contributed by atoms with Gasteiger partial charge in [-0.05, 0) is 12.5 Å². The van der Waals surface area contributed by atoms with E-state index in [4.69, 9.17) is 4.84 Å². The van der Waals surface area contributed by atoms with Crippen molar-refractivity contribution in [2.45, 2.75) is 25.5 Å². The molecule has 1 unspecified atom stereocenters. The number of aromatic nitrogens is 4. The van der Waals surface area contributed by atoms with Crippen LogP contribution in [0.3, 0.4) is 0 Å². The predicted molar refractivity (Wildman–Crippen MR) is 106 cm³/mol. The van der Waals surface area contributed by atoms with Gasteiger partial charge in [-0.25, -0.2) is 9.78 Å². The van der Waals surface area contributed by atoms with E-state index in [0.717, 1.165) is 10.1 Å². The molecule has 29 heavy (non-hydrogen) atoms. The van der Waals surface area contributed by atoms with Gasteiger partial charge in [-0.3, -0.25) is 18.7 Å². The Morgan fingerprint density at radius 1 is 1.24 bits per heavy atom. The average Bonchev–Trinajstić information content (AvgIpc) is 3.34. The molecule has 150 valence electrons. The Balaban J connectivity index is 1.49. The van der Waals surface area contributed by atoms with Crippen LogP contribution in [0.15, 0.2) is 45.1 Å². The molecule has 0 aliphatic carbocycles. The van der Waals surface area contributed by atoms with Gasteiger partial charge in [0, 0.05) is 20.5 Å². The molecule has 0 radical (unpaired) electrons. The van der Waals surface area contributed by atoms with E-state index in [9.17, 15) is 14.4 Å². The Morgan fingerprint density at radius 3 is 2.69 bits per heavy atom. The summed E-state index contributed by atoms with van der Waals surface area (Å²) in [7, 11) is 2.93. The molecule has 2 aromatic heterocycles. The lowest BCUT2D eigenvalue weighted by Gasteiger charge is -2.20. The lowest BCUT2D eigenvalue weighted by Crippen LogP contribution is -2.44. The molecule has 0 fully saturated rings. The number of nitrogens with zero attached hydrogens (tertiary/aromatic N) is 4. The van der Waals surface area contributed by atoms with Crippen molar-refractivity contribution < 1.29 is 9.63 Å². The summed E-state index contributed by atoms with van der Waals surface area (Å²) >= 11 is 0. The van der Waals surface area contributed by atoms with E-state index in [1.807, 2.05) is 30.3 Å². The van der Waals surface area contributed by atoms with Gasteiger partial charge in [0.2, 0.25) is 5.60 Å². The number of amides is 1. The smallest absolute Gasteiger partial charge is 0.332 e. The summed E-state index contributed by atoms with van der Waals surface area (Å²) in [5.74, 6) is 0.00637. The monoisotopic (exact) mass is 396 g/mol. The summed E-state index contributed by atoms with van der Waals surface area (Å²) in [6.07, 6.45) is 0.331. The molecule has 0 spiro atoms. The molecule has 3 aromatic rings. The second-order valence-electron chi connectivity index (χ2n) is 7.17.